The first-order valence-corrected chi connectivity index (χ1v) is 6.66. The number of anilines is 1. The van der Waals surface area contributed by atoms with E-state index in [2.05, 4.69) is 5.32 Å². The summed E-state index contributed by atoms with van der Waals surface area (Å²) in [5.74, 6) is -0.351. The normalized spacial score (nSPS) is 15.4. The van der Waals surface area contributed by atoms with E-state index in [1.54, 1.807) is 6.07 Å². The second kappa shape index (κ2) is 4.87. The zero-order valence-corrected chi connectivity index (χ0v) is 10.6. The highest BCUT2D eigenvalue weighted by Crippen LogP contribution is 2.32. The van der Waals surface area contributed by atoms with Gasteiger partial charge in [0.25, 0.3) is 5.91 Å². The topological polar surface area (TPSA) is 72.2 Å². The summed E-state index contributed by atoms with van der Waals surface area (Å²) in [7, 11) is 0. The van der Waals surface area contributed by atoms with E-state index in [9.17, 15) is 9.59 Å². The molecular weight excluding hydrogens is 236 g/mol. The maximum Gasteiger partial charge on any atom is 0.251 e. The lowest BCUT2D eigenvalue weighted by molar-refractivity contribution is -0.122. The van der Waals surface area contributed by atoms with E-state index in [0.29, 0.717) is 10.6 Å². The highest BCUT2D eigenvalue weighted by molar-refractivity contribution is 7.16. The van der Waals surface area contributed by atoms with Gasteiger partial charge in [0, 0.05) is 10.8 Å². The maximum absolute atomic E-state index is 11.8. The van der Waals surface area contributed by atoms with Crippen LogP contribution in [-0.4, -0.2) is 11.8 Å². The second-order valence-corrected chi connectivity index (χ2v) is 5.43. The molecule has 0 bridgehead atoms. The zero-order chi connectivity index (χ0) is 12.4. The van der Waals surface area contributed by atoms with Crippen molar-refractivity contribution in [2.24, 2.45) is 11.7 Å². The van der Waals surface area contributed by atoms with Crippen molar-refractivity contribution >= 4 is 28.2 Å². The first-order chi connectivity index (χ1) is 8.11. The molecule has 1 saturated carbocycles. The lowest BCUT2D eigenvalue weighted by Crippen LogP contribution is -2.28. The minimum absolute atomic E-state index is 0.0169. The Morgan fingerprint density at radius 2 is 2.24 bits per heavy atom. The number of nitrogens with two attached hydrogens (primary N) is 1. The summed E-state index contributed by atoms with van der Waals surface area (Å²) >= 11 is 1.44. The van der Waals surface area contributed by atoms with Gasteiger partial charge < -0.3 is 11.1 Å². The van der Waals surface area contributed by atoms with Crippen LogP contribution in [0.5, 0.6) is 0 Å². The van der Waals surface area contributed by atoms with Gasteiger partial charge in [0.1, 0.15) is 5.00 Å². The first-order valence-electron chi connectivity index (χ1n) is 5.85. The van der Waals surface area contributed by atoms with Crippen LogP contribution in [0.25, 0.3) is 0 Å². The van der Waals surface area contributed by atoms with Crippen molar-refractivity contribution in [1.29, 1.82) is 0 Å². The summed E-state index contributed by atoms with van der Waals surface area (Å²) in [6.07, 6.45) is 3.85. The van der Waals surface area contributed by atoms with Crippen molar-refractivity contribution in [3.63, 3.8) is 0 Å². The molecule has 1 aliphatic rings. The van der Waals surface area contributed by atoms with Crippen LogP contribution in [0.4, 0.5) is 5.00 Å². The lowest BCUT2D eigenvalue weighted by atomic mass is 9.85. The molecule has 1 heterocycles. The van der Waals surface area contributed by atoms with Crippen LogP contribution in [0.1, 0.15) is 41.4 Å². The molecule has 92 valence electrons. The van der Waals surface area contributed by atoms with Crippen molar-refractivity contribution in [3.8, 4) is 0 Å². The molecule has 0 aliphatic heterocycles. The molecule has 2 rings (SSSR count). The van der Waals surface area contributed by atoms with Gasteiger partial charge in [0.2, 0.25) is 5.91 Å². The minimum Gasteiger partial charge on any atom is -0.366 e. The summed E-state index contributed by atoms with van der Waals surface area (Å²) in [5.41, 5.74) is 5.73. The Hall–Kier alpha value is -1.36. The quantitative estimate of drug-likeness (QED) is 0.861. The number of rotatable bonds is 4. The number of thiophene rings is 1. The maximum atomic E-state index is 11.8. The summed E-state index contributed by atoms with van der Waals surface area (Å²) in [5, 5.41) is 3.43. The standard InChI is InChI=1S/C12H16N2O2S/c1-2-8-6-9(10(13)15)12(17-8)14-11(16)7-4-3-5-7/h6-7H,2-5H2,1H3,(H2,13,15)(H,14,16). The van der Waals surface area contributed by atoms with Crippen LogP contribution in [0.15, 0.2) is 6.07 Å². The van der Waals surface area contributed by atoms with Gasteiger partial charge in [-0.05, 0) is 25.3 Å². The van der Waals surface area contributed by atoms with E-state index in [1.165, 1.54) is 11.3 Å². The van der Waals surface area contributed by atoms with E-state index in [-0.39, 0.29) is 11.8 Å². The fourth-order valence-corrected chi connectivity index (χ4v) is 2.78. The predicted molar refractivity (Wildman–Crippen MR) is 68.2 cm³/mol. The number of amides is 2. The van der Waals surface area contributed by atoms with Crippen LogP contribution < -0.4 is 11.1 Å². The Morgan fingerprint density at radius 1 is 1.53 bits per heavy atom. The van der Waals surface area contributed by atoms with E-state index in [0.717, 1.165) is 30.6 Å². The zero-order valence-electron chi connectivity index (χ0n) is 9.79. The predicted octanol–water partition coefficient (Wildman–Crippen LogP) is 2.15. The summed E-state index contributed by atoms with van der Waals surface area (Å²) in [6.45, 7) is 2.01. The Balaban J connectivity index is 2.15. The molecule has 0 saturated heterocycles. The molecule has 17 heavy (non-hydrogen) atoms. The summed E-state index contributed by atoms with van der Waals surface area (Å²) in [6, 6.07) is 1.77. The fraction of sp³-hybridized carbons (Fsp3) is 0.500. The van der Waals surface area contributed by atoms with E-state index >= 15 is 0 Å². The average molecular weight is 252 g/mol. The molecule has 1 aromatic rings. The largest absolute Gasteiger partial charge is 0.366 e. The molecule has 4 nitrogen and oxygen atoms in total. The molecular formula is C12H16N2O2S. The minimum atomic E-state index is -0.482. The van der Waals surface area contributed by atoms with Gasteiger partial charge in [-0.25, -0.2) is 0 Å². The molecule has 5 heteroatoms. The van der Waals surface area contributed by atoms with Crippen LogP contribution in [-0.2, 0) is 11.2 Å². The molecule has 3 N–H and O–H groups in total. The lowest BCUT2D eigenvalue weighted by Gasteiger charge is -2.23. The summed E-state index contributed by atoms with van der Waals surface area (Å²) in [4.78, 5) is 24.1. The fourth-order valence-electron chi connectivity index (χ4n) is 1.78. The second-order valence-electron chi connectivity index (χ2n) is 4.29. The number of carbonyl (C=O) groups excluding carboxylic acids is 2. The SMILES string of the molecule is CCc1cc(C(N)=O)c(NC(=O)C2CCC2)s1. The molecule has 0 atom stereocenters. The molecule has 0 aromatic carbocycles. The average Bonchev–Trinajstić information content (AvgIpc) is 2.58. The Morgan fingerprint density at radius 3 is 2.71 bits per heavy atom. The molecule has 2 amide bonds. The first kappa shape index (κ1) is 12.1. The molecule has 0 radical (unpaired) electrons. The molecule has 0 unspecified atom stereocenters. The third-order valence-corrected chi connectivity index (χ3v) is 4.30. The third-order valence-electron chi connectivity index (χ3n) is 3.11. The van der Waals surface area contributed by atoms with Crippen LogP contribution >= 0.6 is 11.3 Å². The monoisotopic (exact) mass is 252 g/mol. The molecule has 1 aromatic heterocycles. The Bertz CT molecular complexity index is 449. The number of primary amides is 1. The molecule has 1 aliphatic carbocycles. The van der Waals surface area contributed by atoms with Gasteiger partial charge in [-0.15, -0.1) is 11.3 Å². The van der Waals surface area contributed by atoms with Crippen LogP contribution in [0, 0.1) is 5.92 Å². The van der Waals surface area contributed by atoms with Gasteiger partial charge in [-0.3, -0.25) is 9.59 Å². The smallest absolute Gasteiger partial charge is 0.251 e. The van der Waals surface area contributed by atoms with Gasteiger partial charge in [0.15, 0.2) is 0 Å². The number of nitrogens with one attached hydrogen (secondary N) is 1. The number of hydrogen-bond acceptors (Lipinski definition) is 3. The van der Waals surface area contributed by atoms with Gasteiger partial charge in [-0.1, -0.05) is 13.3 Å². The molecule has 1 fully saturated rings. The van der Waals surface area contributed by atoms with E-state index < -0.39 is 5.91 Å². The van der Waals surface area contributed by atoms with Gasteiger partial charge in [0.05, 0.1) is 5.56 Å². The van der Waals surface area contributed by atoms with Gasteiger partial charge in [-0.2, -0.15) is 0 Å². The van der Waals surface area contributed by atoms with Crippen molar-refractivity contribution in [2.45, 2.75) is 32.6 Å². The van der Waals surface area contributed by atoms with Crippen molar-refractivity contribution in [3.05, 3.63) is 16.5 Å². The Labute approximate surface area is 104 Å². The van der Waals surface area contributed by atoms with Crippen molar-refractivity contribution in [2.75, 3.05) is 5.32 Å². The summed E-state index contributed by atoms with van der Waals surface area (Å²) < 4.78 is 0. The van der Waals surface area contributed by atoms with Crippen LogP contribution in [0.2, 0.25) is 0 Å². The van der Waals surface area contributed by atoms with Gasteiger partial charge >= 0.3 is 0 Å². The highest BCUT2D eigenvalue weighted by Gasteiger charge is 2.26. The molecule has 0 spiro atoms. The van der Waals surface area contributed by atoms with E-state index in [1.807, 2.05) is 6.92 Å². The highest BCUT2D eigenvalue weighted by atomic mass is 32.1. The number of hydrogen-bond donors (Lipinski definition) is 2. The van der Waals surface area contributed by atoms with E-state index in [4.69, 9.17) is 5.73 Å². The van der Waals surface area contributed by atoms with Crippen molar-refractivity contribution in [1.82, 2.24) is 0 Å². The third kappa shape index (κ3) is 2.49. The number of carbonyl (C=O) groups is 2. The van der Waals surface area contributed by atoms with Crippen molar-refractivity contribution < 1.29 is 9.59 Å². The van der Waals surface area contributed by atoms with Crippen LogP contribution in [0.3, 0.4) is 0 Å². The Kier molecular flexibility index (Phi) is 3.47. The number of aryl methyl sites for hydroxylation is 1.